The lowest BCUT2D eigenvalue weighted by Gasteiger charge is -1.83. The first-order chi connectivity index (χ1) is 3.27. The fourth-order valence-electron chi connectivity index (χ4n) is 0.0509. The SMILES string of the molecule is N=[N+]=NOP(O)O. The van der Waals surface area contributed by atoms with Crippen molar-refractivity contribution in [2.45, 2.75) is 0 Å². The molecular formula is H3N3O3P+. The molecule has 0 amide bonds. The Labute approximate surface area is 39.9 Å². The van der Waals surface area contributed by atoms with Gasteiger partial charge in [0, 0.05) is 0 Å². The van der Waals surface area contributed by atoms with Crippen LogP contribution in [0.25, 0.3) is 0 Å². The lowest BCUT2D eigenvalue weighted by Crippen LogP contribution is -1.69. The Morgan fingerprint density at radius 1 is 1.71 bits per heavy atom. The van der Waals surface area contributed by atoms with Crippen LogP contribution in [0.1, 0.15) is 0 Å². The molecule has 6 nitrogen and oxygen atoms in total. The van der Waals surface area contributed by atoms with E-state index in [2.05, 4.69) is 14.8 Å². The molecule has 0 heterocycles. The van der Waals surface area contributed by atoms with E-state index in [1.807, 2.05) is 0 Å². The van der Waals surface area contributed by atoms with Crippen LogP contribution in [0.15, 0.2) is 5.28 Å². The van der Waals surface area contributed by atoms with Gasteiger partial charge >= 0.3 is 13.9 Å². The van der Waals surface area contributed by atoms with Gasteiger partial charge in [0.05, 0.1) is 0 Å². The fourth-order valence-corrected chi connectivity index (χ4v) is 0.153. The smallest absolute Gasteiger partial charge is 0.317 e. The maximum atomic E-state index is 7.84. The highest BCUT2D eigenvalue weighted by atomic mass is 31.2. The maximum Gasteiger partial charge on any atom is 0.422 e. The Kier molecular flexibility index (Phi) is 3.36. The van der Waals surface area contributed by atoms with Crippen LogP contribution in [-0.4, -0.2) is 9.79 Å². The number of hydrogen-bond acceptors (Lipinski definition) is 5. The maximum absolute atomic E-state index is 7.84. The molecule has 0 saturated carbocycles. The van der Waals surface area contributed by atoms with Gasteiger partial charge in [0.25, 0.3) is 4.91 Å². The average Bonchev–Trinajstić information content (AvgIpc) is 1.61. The highest BCUT2D eigenvalue weighted by Crippen LogP contribution is 2.23. The fraction of sp³-hybridized carbons (Fsp3) is 0. The third-order valence-corrected chi connectivity index (χ3v) is 0.369. The Hall–Kier alpha value is -0.540. The molecule has 0 aliphatic rings. The quantitative estimate of drug-likeness (QED) is 0.203. The summed E-state index contributed by atoms with van der Waals surface area (Å²) >= 11 is 0. The van der Waals surface area contributed by atoms with E-state index in [4.69, 9.17) is 15.3 Å². The van der Waals surface area contributed by atoms with Crippen molar-refractivity contribution < 1.29 is 14.4 Å². The Bertz CT molecular complexity index is 84.2. The lowest BCUT2D eigenvalue weighted by molar-refractivity contribution is 0.242. The van der Waals surface area contributed by atoms with Crippen molar-refractivity contribution in [3.8, 4) is 0 Å². The van der Waals surface area contributed by atoms with Gasteiger partial charge in [-0.2, -0.15) is 0 Å². The molecule has 0 aliphatic carbocycles. The number of rotatable bonds is 2. The molecule has 0 unspecified atom stereocenters. The Balaban J connectivity index is 3.13. The molecule has 40 valence electrons. The summed E-state index contributed by atoms with van der Waals surface area (Å²) in [5, 5.41) is 2.49. The van der Waals surface area contributed by atoms with E-state index in [-0.39, 0.29) is 0 Å². The van der Waals surface area contributed by atoms with Gasteiger partial charge in [0.2, 0.25) is 0 Å². The van der Waals surface area contributed by atoms with Crippen molar-refractivity contribution >= 4 is 8.60 Å². The molecule has 0 radical (unpaired) electrons. The molecule has 0 fully saturated rings. The molecule has 0 aromatic carbocycles. The molecule has 0 spiro atoms. The highest BCUT2D eigenvalue weighted by molar-refractivity contribution is 7.39. The molecule has 0 aromatic rings. The van der Waals surface area contributed by atoms with Gasteiger partial charge in [-0.05, 0) is 0 Å². The largest absolute Gasteiger partial charge is 0.422 e. The third kappa shape index (κ3) is 5.46. The van der Waals surface area contributed by atoms with Crippen molar-refractivity contribution in [2.75, 3.05) is 0 Å². The molecule has 7 heavy (non-hydrogen) atoms. The molecule has 7 heteroatoms. The summed E-state index contributed by atoms with van der Waals surface area (Å²) in [6.45, 7) is 0. The Morgan fingerprint density at radius 2 is 2.29 bits per heavy atom. The van der Waals surface area contributed by atoms with E-state index in [1.54, 1.807) is 0 Å². The van der Waals surface area contributed by atoms with E-state index in [9.17, 15) is 0 Å². The first kappa shape index (κ1) is 6.46. The first-order valence-corrected chi connectivity index (χ1v) is 2.35. The minimum absolute atomic E-state index is 2.32. The molecule has 3 N–H and O–H groups in total. The summed E-state index contributed by atoms with van der Waals surface area (Å²) in [6.07, 6.45) is 0. The molecule has 0 bridgehead atoms. The van der Waals surface area contributed by atoms with Crippen molar-refractivity contribution in [1.29, 1.82) is 5.53 Å². The number of nitrogens with zero attached hydrogens (tertiary/aromatic N) is 2. The number of nitrogens with one attached hydrogen (secondary N) is 1. The van der Waals surface area contributed by atoms with Crippen LogP contribution in [0.5, 0.6) is 0 Å². The number of hydrogen-bond donors (Lipinski definition) is 3. The van der Waals surface area contributed by atoms with Gasteiger partial charge in [0.1, 0.15) is 5.53 Å². The minimum Gasteiger partial charge on any atom is -0.317 e. The standard InChI is InChI=1S/H3N3O3P/c1-2-3-6-7(4)5/h1,4-5H/q+1. The van der Waals surface area contributed by atoms with Crippen molar-refractivity contribution in [3.05, 3.63) is 0 Å². The zero-order chi connectivity index (χ0) is 5.70. The highest BCUT2D eigenvalue weighted by Gasteiger charge is 1.98. The van der Waals surface area contributed by atoms with Crippen LogP contribution >= 0.6 is 8.60 Å². The summed E-state index contributed by atoms with van der Waals surface area (Å²) in [5.41, 5.74) is 5.92. The van der Waals surface area contributed by atoms with E-state index in [0.29, 0.717) is 0 Å². The average molecular weight is 124 g/mol. The second-order valence-corrected chi connectivity index (χ2v) is 1.18. The molecule has 0 atom stereocenters. The van der Waals surface area contributed by atoms with E-state index < -0.39 is 8.60 Å². The van der Waals surface area contributed by atoms with Crippen LogP contribution in [-0.2, 0) is 4.62 Å². The van der Waals surface area contributed by atoms with E-state index >= 15 is 0 Å². The topological polar surface area (TPSA) is 100 Å². The summed E-state index contributed by atoms with van der Waals surface area (Å²) in [7, 11) is -2.49. The van der Waals surface area contributed by atoms with E-state index in [0.717, 1.165) is 0 Å². The van der Waals surface area contributed by atoms with Crippen LogP contribution in [0, 0.1) is 5.53 Å². The minimum atomic E-state index is -2.49. The lowest BCUT2D eigenvalue weighted by atomic mass is 12.9. The summed E-state index contributed by atoms with van der Waals surface area (Å²) < 4.78 is 3.64. The van der Waals surface area contributed by atoms with Crippen LogP contribution < -0.4 is 4.91 Å². The summed E-state index contributed by atoms with van der Waals surface area (Å²) in [6, 6.07) is 0. The molecule has 0 saturated heterocycles. The summed E-state index contributed by atoms with van der Waals surface area (Å²) in [5.74, 6) is 0. The van der Waals surface area contributed by atoms with Gasteiger partial charge < -0.3 is 9.79 Å². The van der Waals surface area contributed by atoms with Crippen molar-refractivity contribution in [3.63, 3.8) is 0 Å². The second-order valence-electron chi connectivity index (χ2n) is 0.516. The zero-order valence-electron chi connectivity index (χ0n) is 3.14. The monoisotopic (exact) mass is 124 g/mol. The van der Waals surface area contributed by atoms with Gasteiger partial charge in [-0.3, -0.25) is 4.62 Å². The van der Waals surface area contributed by atoms with Crippen molar-refractivity contribution in [1.82, 2.24) is 4.91 Å². The molecule has 0 rings (SSSR count). The third-order valence-electron chi connectivity index (χ3n) is 0.150. The summed E-state index contributed by atoms with van der Waals surface area (Å²) in [4.78, 5) is 18.0. The van der Waals surface area contributed by atoms with Crippen LogP contribution in [0.4, 0.5) is 0 Å². The molecule has 0 aliphatic heterocycles. The van der Waals surface area contributed by atoms with Crippen LogP contribution in [0.3, 0.4) is 0 Å². The van der Waals surface area contributed by atoms with Gasteiger partial charge in [-0.15, -0.1) is 0 Å². The Morgan fingerprint density at radius 3 is 2.43 bits per heavy atom. The predicted octanol–water partition coefficient (Wildman–Crippen LogP) is -0.320. The normalized spacial score (nSPS) is 7.86. The van der Waals surface area contributed by atoms with Crippen molar-refractivity contribution in [2.24, 2.45) is 5.28 Å². The van der Waals surface area contributed by atoms with E-state index in [1.165, 1.54) is 0 Å². The van der Waals surface area contributed by atoms with Crippen LogP contribution in [0.2, 0.25) is 0 Å². The molecular weight excluding hydrogens is 121 g/mol. The first-order valence-electron chi connectivity index (χ1n) is 1.19. The van der Waals surface area contributed by atoms with Gasteiger partial charge in [0.15, 0.2) is 0 Å². The molecule has 0 aromatic heterocycles. The van der Waals surface area contributed by atoms with Gasteiger partial charge in [-0.25, -0.2) is 0 Å². The van der Waals surface area contributed by atoms with Gasteiger partial charge in [-0.1, -0.05) is 0 Å². The zero-order valence-corrected chi connectivity index (χ0v) is 4.04. The second kappa shape index (κ2) is 3.64. The predicted molar refractivity (Wildman–Crippen MR) is 19.7 cm³/mol.